The lowest BCUT2D eigenvalue weighted by molar-refractivity contribution is -0.116. The highest BCUT2D eigenvalue weighted by Gasteiger charge is 2.24. The molecule has 2 N–H and O–H groups in total. The number of ether oxygens (including phenoxy) is 2. The van der Waals surface area contributed by atoms with E-state index in [-0.39, 0.29) is 11.9 Å². The molecule has 0 bridgehead atoms. The molecular formula is C19H28ClN3O4. The second-order valence-electron chi connectivity index (χ2n) is 6.61. The van der Waals surface area contributed by atoms with E-state index < -0.39 is 0 Å². The van der Waals surface area contributed by atoms with Gasteiger partial charge in [-0.3, -0.25) is 4.79 Å². The number of halogens is 1. The first-order valence-electron chi connectivity index (χ1n) is 9.18. The van der Waals surface area contributed by atoms with E-state index in [0.717, 1.165) is 25.8 Å². The average Bonchev–Trinajstić information content (AvgIpc) is 2.67. The molecule has 1 aromatic carbocycles. The van der Waals surface area contributed by atoms with E-state index in [2.05, 4.69) is 10.6 Å². The van der Waals surface area contributed by atoms with Crippen LogP contribution < -0.4 is 15.4 Å². The first kappa shape index (κ1) is 21.3. The van der Waals surface area contributed by atoms with Crippen LogP contribution in [0.2, 0.25) is 5.02 Å². The van der Waals surface area contributed by atoms with Crippen LogP contribution in [0.4, 0.5) is 10.5 Å². The lowest BCUT2D eigenvalue weighted by Gasteiger charge is -2.32. The zero-order valence-electron chi connectivity index (χ0n) is 15.9. The van der Waals surface area contributed by atoms with Crippen molar-refractivity contribution >= 4 is 29.2 Å². The SMILES string of the molecule is COCCNC(=O)N1CCC[C@H](CCC(=O)Nc2cc(Cl)ccc2OC)C1. The molecule has 0 saturated carbocycles. The number of amides is 3. The second kappa shape index (κ2) is 11.0. The molecule has 0 spiro atoms. The molecule has 150 valence electrons. The van der Waals surface area contributed by atoms with Crippen LogP contribution >= 0.6 is 11.6 Å². The van der Waals surface area contributed by atoms with Gasteiger partial charge in [0.05, 0.1) is 19.4 Å². The number of carbonyl (C=O) groups is 2. The van der Waals surface area contributed by atoms with Crippen molar-refractivity contribution in [2.75, 3.05) is 45.8 Å². The highest BCUT2D eigenvalue weighted by molar-refractivity contribution is 6.31. The zero-order chi connectivity index (χ0) is 19.6. The van der Waals surface area contributed by atoms with Gasteiger partial charge in [-0.25, -0.2) is 4.79 Å². The molecule has 1 atom stereocenters. The molecule has 0 aliphatic carbocycles. The number of likely N-dealkylation sites (tertiary alicyclic amines) is 1. The highest BCUT2D eigenvalue weighted by Crippen LogP contribution is 2.28. The number of piperidine rings is 1. The minimum atomic E-state index is -0.0859. The van der Waals surface area contributed by atoms with Gasteiger partial charge >= 0.3 is 6.03 Å². The number of nitrogens with one attached hydrogen (secondary N) is 2. The molecule has 1 fully saturated rings. The smallest absolute Gasteiger partial charge is 0.317 e. The minimum absolute atomic E-state index is 0.0649. The summed E-state index contributed by atoms with van der Waals surface area (Å²) in [5.74, 6) is 0.806. The standard InChI is InChI=1S/C19H28ClN3O4/c1-26-11-9-21-19(25)23-10-3-4-14(13-23)5-8-18(24)22-16-12-15(20)6-7-17(16)27-2/h6-7,12,14H,3-5,8-11,13H2,1-2H3,(H,21,25)(H,22,24)/t14-/m1/s1. The van der Waals surface area contributed by atoms with E-state index in [1.165, 1.54) is 0 Å². The summed E-state index contributed by atoms with van der Waals surface area (Å²) in [4.78, 5) is 26.3. The largest absolute Gasteiger partial charge is 0.495 e. The number of hydrogen-bond donors (Lipinski definition) is 2. The molecule has 3 amide bonds. The average molecular weight is 398 g/mol. The molecule has 2 rings (SSSR count). The van der Waals surface area contributed by atoms with Gasteiger partial charge in [-0.15, -0.1) is 0 Å². The molecule has 1 aromatic rings. The lowest BCUT2D eigenvalue weighted by Crippen LogP contribution is -2.46. The zero-order valence-corrected chi connectivity index (χ0v) is 16.7. The number of carbonyl (C=O) groups excluding carboxylic acids is 2. The minimum Gasteiger partial charge on any atom is -0.495 e. The van der Waals surface area contributed by atoms with Crippen molar-refractivity contribution in [2.24, 2.45) is 5.92 Å². The van der Waals surface area contributed by atoms with Crippen LogP contribution in [-0.4, -0.2) is 57.3 Å². The molecule has 1 saturated heterocycles. The van der Waals surface area contributed by atoms with E-state index in [4.69, 9.17) is 21.1 Å². The summed E-state index contributed by atoms with van der Waals surface area (Å²) in [6, 6.07) is 5.04. The fourth-order valence-electron chi connectivity index (χ4n) is 3.18. The van der Waals surface area contributed by atoms with Crippen LogP contribution in [0, 0.1) is 5.92 Å². The molecule has 1 aliphatic heterocycles. The van der Waals surface area contributed by atoms with Gasteiger partial charge in [0.1, 0.15) is 5.75 Å². The molecule has 0 unspecified atom stereocenters. The topological polar surface area (TPSA) is 79.9 Å². The Morgan fingerprint density at radius 2 is 2.15 bits per heavy atom. The number of hydrogen-bond acceptors (Lipinski definition) is 4. The molecule has 0 aromatic heterocycles. The maximum absolute atomic E-state index is 12.3. The quantitative estimate of drug-likeness (QED) is 0.660. The van der Waals surface area contributed by atoms with E-state index in [1.54, 1.807) is 32.4 Å². The van der Waals surface area contributed by atoms with Crippen LogP contribution in [0.1, 0.15) is 25.7 Å². The summed E-state index contributed by atoms with van der Waals surface area (Å²) >= 11 is 5.99. The first-order valence-corrected chi connectivity index (χ1v) is 9.56. The summed E-state index contributed by atoms with van der Waals surface area (Å²) in [5.41, 5.74) is 0.567. The number of nitrogens with zero attached hydrogens (tertiary/aromatic N) is 1. The fourth-order valence-corrected chi connectivity index (χ4v) is 3.35. The van der Waals surface area contributed by atoms with Gasteiger partial charge in [-0.2, -0.15) is 0 Å². The van der Waals surface area contributed by atoms with Gasteiger partial charge in [0.25, 0.3) is 0 Å². The van der Waals surface area contributed by atoms with Crippen LogP contribution in [-0.2, 0) is 9.53 Å². The summed E-state index contributed by atoms with van der Waals surface area (Å²) < 4.78 is 10.2. The van der Waals surface area contributed by atoms with E-state index in [0.29, 0.717) is 48.5 Å². The van der Waals surface area contributed by atoms with E-state index in [9.17, 15) is 9.59 Å². The summed E-state index contributed by atoms with van der Waals surface area (Å²) in [7, 11) is 3.15. The van der Waals surface area contributed by atoms with Crippen molar-refractivity contribution in [3.8, 4) is 5.75 Å². The maximum Gasteiger partial charge on any atom is 0.317 e. The third kappa shape index (κ3) is 6.92. The molecule has 27 heavy (non-hydrogen) atoms. The molecule has 0 radical (unpaired) electrons. The van der Waals surface area contributed by atoms with Crippen LogP contribution in [0.5, 0.6) is 5.75 Å². The number of urea groups is 1. The number of anilines is 1. The Bertz CT molecular complexity index is 641. The Hall–Kier alpha value is -1.99. The Labute approximate surface area is 165 Å². The van der Waals surface area contributed by atoms with Gasteiger partial charge in [-0.05, 0) is 43.4 Å². The molecule has 7 nitrogen and oxygen atoms in total. The molecule has 1 heterocycles. The van der Waals surface area contributed by atoms with Crippen molar-refractivity contribution in [1.29, 1.82) is 0 Å². The monoisotopic (exact) mass is 397 g/mol. The van der Waals surface area contributed by atoms with Crippen LogP contribution in [0.3, 0.4) is 0 Å². The Morgan fingerprint density at radius 1 is 1.33 bits per heavy atom. The number of rotatable bonds is 8. The predicted molar refractivity (Wildman–Crippen MR) is 105 cm³/mol. The Kier molecular flexibility index (Phi) is 8.67. The van der Waals surface area contributed by atoms with Gasteiger partial charge in [-0.1, -0.05) is 11.6 Å². The van der Waals surface area contributed by atoms with Crippen molar-refractivity contribution in [3.63, 3.8) is 0 Å². The van der Waals surface area contributed by atoms with Crippen LogP contribution in [0.15, 0.2) is 18.2 Å². The summed E-state index contributed by atoms with van der Waals surface area (Å²) in [5, 5.41) is 6.24. The summed E-state index contributed by atoms with van der Waals surface area (Å²) in [6.45, 7) is 2.42. The van der Waals surface area contributed by atoms with Gasteiger partial charge < -0.3 is 25.0 Å². The van der Waals surface area contributed by atoms with Gasteiger partial charge in [0.2, 0.25) is 5.91 Å². The third-order valence-corrected chi connectivity index (χ3v) is 4.84. The van der Waals surface area contributed by atoms with Crippen LogP contribution in [0.25, 0.3) is 0 Å². The fraction of sp³-hybridized carbons (Fsp3) is 0.579. The predicted octanol–water partition coefficient (Wildman–Crippen LogP) is 3.14. The van der Waals surface area contributed by atoms with Crippen molar-refractivity contribution in [1.82, 2.24) is 10.2 Å². The number of benzene rings is 1. The lowest BCUT2D eigenvalue weighted by atomic mass is 9.93. The molecule has 1 aliphatic rings. The van der Waals surface area contributed by atoms with Crippen molar-refractivity contribution in [3.05, 3.63) is 23.2 Å². The third-order valence-electron chi connectivity index (χ3n) is 4.60. The number of methoxy groups -OCH3 is 2. The van der Waals surface area contributed by atoms with Gasteiger partial charge in [0, 0.05) is 38.2 Å². The highest BCUT2D eigenvalue weighted by atomic mass is 35.5. The molecule has 8 heteroatoms. The first-order chi connectivity index (χ1) is 13.0. The van der Waals surface area contributed by atoms with Crippen molar-refractivity contribution in [2.45, 2.75) is 25.7 Å². The normalized spacial score (nSPS) is 16.7. The summed E-state index contributed by atoms with van der Waals surface area (Å²) in [6.07, 6.45) is 3.09. The Balaban J connectivity index is 1.79. The van der Waals surface area contributed by atoms with E-state index in [1.807, 2.05) is 4.90 Å². The van der Waals surface area contributed by atoms with Crippen molar-refractivity contribution < 1.29 is 19.1 Å². The Morgan fingerprint density at radius 3 is 2.89 bits per heavy atom. The van der Waals surface area contributed by atoms with E-state index >= 15 is 0 Å². The second-order valence-corrected chi connectivity index (χ2v) is 7.05. The maximum atomic E-state index is 12.3. The van der Waals surface area contributed by atoms with Gasteiger partial charge in [0.15, 0.2) is 0 Å². The molecular weight excluding hydrogens is 370 g/mol.